The van der Waals surface area contributed by atoms with Gasteiger partial charge in [-0.25, -0.2) is 19.0 Å². The van der Waals surface area contributed by atoms with Gasteiger partial charge < -0.3 is 0 Å². The molecule has 0 saturated carbocycles. The summed E-state index contributed by atoms with van der Waals surface area (Å²) in [6.07, 6.45) is 4.69. The number of aryl methyl sites for hydroxylation is 8. The molecule has 0 aliphatic carbocycles. The average Bonchev–Trinajstić information content (AvgIpc) is 3.31. The molecule has 2 aliphatic heterocycles. The zero-order chi connectivity index (χ0) is 33.7. The van der Waals surface area contributed by atoms with Crippen LogP contribution in [0.1, 0.15) is 66.8 Å². The van der Waals surface area contributed by atoms with Crippen molar-refractivity contribution < 1.29 is 9.15 Å². The largest absolute Gasteiger partial charge is 0.245 e. The van der Waals surface area contributed by atoms with E-state index < -0.39 is 0 Å². The van der Waals surface area contributed by atoms with Crippen LogP contribution in [-0.4, -0.2) is 21.8 Å². The lowest BCUT2D eigenvalue weighted by Crippen LogP contribution is -2.25. The van der Waals surface area contributed by atoms with E-state index in [0.29, 0.717) is 0 Å². The van der Waals surface area contributed by atoms with Gasteiger partial charge in [0.15, 0.2) is 0 Å². The average molecular weight is 633 g/mol. The van der Waals surface area contributed by atoms with Gasteiger partial charge in [-0.3, -0.25) is 0 Å². The molecular formula is C44H48N4+2. The maximum absolute atomic E-state index is 2.51. The fourth-order valence-electron chi connectivity index (χ4n) is 7.71. The third kappa shape index (κ3) is 6.20. The van der Waals surface area contributed by atoms with Gasteiger partial charge in [0, 0.05) is 22.3 Å². The summed E-state index contributed by atoms with van der Waals surface area (Å²) >= 11 is 0. The Kier molecular flexibility index (Phi) is 8.29. The number of nitrogens with zero attached hydrogens (tertiary/aromatic N) is 4. The van der Waals surface area contributed by atoms with E-state index in [1.807, 2.05) is 0 Å². The summed E-state index contributed by atoms with van der Waals surface area (Å²) in [5, 5.41) is 0. The molecule has 5 aromatic carbocycles. The van der Waals surface area contributed by atoms with Crippen LogP contribution in [0.2, 0.25) is 0 Å². The van der Waals surface area contributed by atoms with Gasteiger partial charge in [0.25, 0.3) is 0 Å². The lowest BCUT2D eigenvalue weighted by Gasteiger charge is -2.18. The molecule has 242 valence electrons. The van der Waals surface area contributed by atoms with Crippen molar-refractivity contribution in [2.45, 2.75) is 81.6 Å². The third-order valence-corrected chi connectivity index (χ3v) is 10.1. The van der Waals surface area contributed by atoms with E-state index in [1.165, 1.54) is 89.5 Å². The van der Waals surface area contributed by atoms with Crippen LogP contribution >= 0.6 is 0 Å². The first-order valence-electron chi connectivity index (χ1n) is 17.2. The summed E-state index contributed by atoms with van der Waals surface area (Å²) in [5.41, 5.74) is 20.9. The highest BCUT2D eigenvalue weighted by Crippen LogP contribution is 2.34. The van der Waals surface area contributed by atoms with Gasteiger partial charge in [-0.05, 0) is 114 Å². The van der Waals surface area contributed by atoms with Crippen LogP contribution in [0.25, 0.3) is 0 Å². The Morgan fingerprint density at radius 3 is 1.12 bits per heavy atom. The van der Waals surface area contributed by atoms with Crippen molar-refractivity contribution >= 4 is 35.4 Å². The van der Waals surface area contributed by atoms with Crippen molar-refractivity contribution in [2.75, 3.05) is 9.80 Å². The molecule has 0 fully saturated rings. The van der Waals surface area contributed by atoms with E-state index in [2.05, 4.69) is 172 Å². The van der Waals surface area contributed by atoms with Gasteiger partial charge in [0.2, 0.25) is 12.7 Å². The summed E-state index contributed by atoms with van der Waals surface area (Å²) in [4.78, 5) is 4.91. The predicted molar refractivity (Wildman–Crippen MR) is 202 cm³/mol. The highest BCUT2D eigenvalue weighted by atomic mass is 15.2. The Morgan fingerprint density at radius 1 is 0.396 bits per heavy atom. The van der Waals surface area contributed by atoms with Crippen LogP contribution in [0.15, 0.2) is 84.9 Å². The van der Waals surface area contributed by atoms with Gasteiger partial charge in [0.05, 0.1) is 0 Å². The molecular weight excluding hydrogens is 585 g/mol. The monoisotopic (exact) mass is 632 g/mol. The van der Waals surface area contributed by atoms with E-state index >= 15 is 0 Å². The SMILES string of the molecule is Cc1ccc(N2C=[N+](c3ccc(C)cc3C)Cc3cc4c(cc3C2)CN(c2ccc(C)cc2C)C=[N+](c2ccc(C)cc2C)C4)c(C)c1. The van der Waals surface area contributed by atoms with Crippen LogP contribution in [0.3, 0.4) is 0 Å². The van der Waals surface area contributed by atoms with E-state index in [1.54, 1.807) is 0 Å². The van der Waals surface area contributed by atoms with E-state index in [9.17, 15) is 0 Å². The van der Waals surface area contributed by atoms with Gasteiger partial charge >= 0.3 is 0 Å². The van der Waals surface area contributed by atoms with Gasteiger partial charge in [0.1, 0.15) is 48.9 Å². The second kappa shape index (κ2) is 12.6. The molecule has 2 heterocycles. The summed E-state index contributed by atoms with van der Waals surface area (Å²) < 4.78 is 4.91. The normalized spacial score (nSPS) is 14.5. The molecule has 0 saturated heterocycles. The highest BCUT2D eigenvalue weighted by molar-refractivity contribution is 5.81. The molecule has 7 rings (SSSR count). The van der Waals surface area contributed by atoms with E-state index in [-0.39, 0.29) is 0 Å². The standard InChI is InChI=1S/C44H48N4/c1-29-9-13-41(33(5)17-29)45-23-37-21-39-25-47(43-15-11-31(3)19-35(43)7)28-48(44-16-12-32(4)20-36(44)8)26-40(39)22-38(37)24-46(27-45)42-14-10-30(2)18-34(42)6/h9-22,27-28H,23-26H2,1-8H3/q+2. The molecule has 4 heteroatoms. The zero-order valence-corrected chi connectivity index (χ0v) is 29.9. The Labute approximate surface area is 286 Å². The molecule has 48 heavy (non-hydrogen) atoms. The van der Waals surface area contributed by atoms with Crippen molar-refractivity contribution in [3.8, 4) is 0 Å². The number of anilines is 2. The Morgan fingerprint density at radius 2 is 0.750 bits per heavy atom. The lowest BCUT2D eigenvalue weighted by atomic mass is 9.96. The number of hydrogen-bond acceptors (Lipinski definition) is 2. The van der Waals surface area contributed by atoms with Crippen LogP contribution in [-0.2, 0) is 26.2 Å². The minimum Gasteiger partial charge on any atom is -0.229 e. The predicted octanol–water partition coefficient (Wildman–Crippen LogP) is 9.94. The van der Waals surface area contributed by atoms with Gasteiger partial charge in [-0.15, -0.1) is 0 Å². The van der Waals surface area contributed by atoms with Gasteiger partial charge in [-0.2, -0.15) is 0 Å². The molecule has 0 N–H and O–H groups in total. The highest BCUT2D eigenvalue weighted by Gasteiger charge is 2.29. The quantitative estimate of drug-likeness (QED) is 0.183. The zero-order valence-electron chi connectivity index (χ0n) is 29.9. The number of benzene rings is 5. The van der Waals surface area contributed by atoms with Crippen molar-refractivity contribution in [3.05, 3.63) is 152 Å². The fraction of sp³-hybridized carbons (Fsp3) is 0.273. The maximum Gasteiger partial charge on any atom is 0.245 e. The van der Waals surface area contributed by atoms with Crippen LogP contribution in [0, 0.1) is 55.4 Å². The third-order valence-electron chi connectivity index (χ3n) is 10.1. The Balaban J connectivity index is 1.38. The number of fused-ring (bicyclic) bond motifs is 2. The van der Waals surface area contributed by atoms with Crippen LogP contribution in [0.5, 0.6) is 0 Å². The Hall–Kier alpha value is -4.96. The summed E-state index contributed by atoms with van der Waals surface area (Å²) in [6, 6.07) is 32.3. The molecule has 2 aliphatic rings. The summed E-state index contributed by atoms with van der Waals surface area (Å²) in [6.45, 7) is 20.9. The second-order valence-electron chi connectivity index (χ2n) is 14.3. The molecule has 0 atom stereocenters. The minimum atomic E-state index is 0.821. The molecule has 4 nitrogen and oxygen atoms in total. The van der Waals surface area contributed by atoms with Crippen LogP contribution < -0.4 is 9.80 Å². The molecule has 0 bridgehead atoms. The molecule has 0 spiro atoms. The fourth-order valence-corrected chi connectivity index (χ4v) is 7.71. The van der Waals surface area contributed by atoms with Crippen molar-refractivity contribution in [1.29, 1.82) is 0 Å². The molecule has 0 aromatic heterocycles. The minimum absolute atomic E-state index is 0.821. The van der Waals surface area contributed by atoms with Crippen molar-refractivity contribution in [3.63, 3.8) is 0 Å². The van der Waals surface area contributed by atoms with E-state index in [0.717, 1.165) is 26.2 Å². The van der Waals surface area contributed by atoms with Crippen molar-refractivity contribution in [2.24, 2.45) is 0 Å². The topological polar surface area (TPSA) is 12.5 Å². The van der Waals surface area contributed by atoms with Crippen LogP contribution in [0.4, 0.5) is 22.7 Å². The first-order chi connectivity index (χ1) is 23.0. The molecule has 0 amide bonds. The van der Waals surface area contributed by atoms with E-state index in [4.69, 9.17) is 0 Å². The molecule has 5 aromatic rings. The number of rotatable bonds is 4. The smallest absolute Gasteiger partial charge is 0.229 e. The molecule has 0 unspecified atom stereocenters. The number of hydrogen-bond donors (Lipinski definition) is 0. The maximum atomic E-state index is 2.51. The summed E-state index contributed by atoms with van der Waals surface area (Å²) in [7, 11) is 0. The second-order valence-corrected chi connectivity index (χ2v) is 14.3. The Bertz CT molecular complexity index is 1980. The summed E-state index contributed by atoms with van der Waals surface area (Å²) in [5.74, 6) is 0. The first-order valence-corrected chi connectivity index (χ1v) is 17.2. The van der Waals surface area contributed by atoms with Gasteiger partial charge in [-0.1, -0.05) is 70.8 Å². The molecule has 0 radical (unpaired) electrons. The van der Waals surface area contributed by atoms with Crippen molar-refractivity contribution in [1.82, 2.24) is 0 Å². The first kappa shape index (κ1) is 31.6. The lowest BCUT2D eigenvalue weighted by molar-refractivity contribution is -0.455.